The molecule has 0 N–H and O–H groups in total. The lowest BCUT2D eigenvalue weighted by Crippen LogP contribution is -2.08. The van der Waals surface area contributed by atoms with Crippen LogP contribution >= 0.6 is 0 Å². The molecule has 0 aliphatic rings. The highest BCUT2D eigenvalue weighted by Crippen LogP contribution is 2.30. The Labute approximate surface area is 237 Å². The van der Waals surface area contributed by atoms with E-state index in [4.69, 9.17) is 18.9 Å². The Morgan fingerprint density at radius 1 is 0.610 bits per heavy atom. The Balaban J connectivity index is 1.77. The molecule has 0 saturated heterocycles. The molecule has 208 valence electrons. The minimum atomic E-state index is -0.675. The summed E-state index contributed by atoms with van der Waals surface area (Å²) in [7, 11) is 0. The summed E-state index contributed by atoms with van der Waals surface area (Å²) in [5.74, 6) is -1.24. The van der Waals surface area contributed by atoms with Crippen molar-refractivity contribution < 1.29 is 38.1 Å². The van der Waals surface area contributed by atoms with E-state index in [2.05, 4.69) is 13.2 Å². The average Bonchev–Trinajstić information content (AvgIpc) is 2.93. The Kier molecular flexibility index (Phi) is 10.3. The van der Waals surface area contributed by atoms with Crippen LogP contribution in [0.4, 0.5) is 0 Å². The lowest BCUT2D eigenvalue weighted by Gasteiger charge is -2.10. The SMILES string of the molecule is C=C(C)C(=O)Oc1ccc(OC(=O)/C=C/c2ccc(-c3ccc(OC(=O)C(=C)C)cc3)cc2OC(=O)/C=C/C)cc1. The molecule has 0 aliphatic heterocycles. The number of hydrogen-bond acceptors (Lipinski definition) is 8. The molecule has 0 bridgehead atoms. The number of rotatable bonds is 10. The number of allylic oxidation sites excluding steroid dienone is 1. The van der Waals surface area contributed by atoms with Gasteiger partial charge in [-0.3, -0.25) is 0 Å². The summed E-state index contributed by atoms with van der Waals surface area (Å²) < 4.78 is 21.1. The van der Waals surface area contributed by atoms with Crippen molar-refractivity contribution in [3.63, 3.8) is 0 Å². The number of hydrogen-bond donors (Lipinski definition) is 0. The number of carbonyl (C=O) groups is 4. The van der Waals surface area contributed by atoms with Gasteiger partial charge in [0.15, 0.2) is 0 Å². The summed E-state index contributed by atoms with van der Waals surface area (Å²) in [6.45, 7) is 11.9. The maximum absolute atomic E-state index is 12.4. The minimum Gasteiger partial charge on any atom is -0.423 e. The zero-order chi connectivity index (χ0) is 29.9. The molecular formula is C33H28O8. The molecule has 0 heterocycles. The van der Waals surface area contributed by atoms with E-state index >= 15 is 0 Å². The predicted molar refractivity (Wildman–Crippen MR) is 154 cm³/mol. The molecule has 3 aromatic rings. The van der Waals surface area contributed by atoms with Crippen LogP contribution in [0.3, 0.4) is 0 Å². The summed E-state index contributed by atoms with van der Waals surface area (Å²) in [4.78, 5) is 48.0. The van der Waals surface area contributed by atoms with Gasteiger partial charge in [-0.1, -0.05) is 43.5 Å². The van der Waals surface area contributed by atoms with E-state index in [0.29, 0.717) is 11.3 Å². The fraction of sp³-hybridized carbons (Fsp3) is 0.0909. The lowest BCUT2D eigenvalue weighted by atomic mass is 10.0. The third-order valence-electron chi connectivity index (χ3n) is 5.27. The van der Waals surface area contributed by atoms with Gasteiger partial charge in [-0.15, -0.1) is 0 Å². The Morgan fingerprint density at radius 2 is 1.07 bits per heavy atom. The van der Waals surface area contributed by atoms with Crippen LogP contribution < -0.4 is 18.9 Å². The van der Waals surface area contributed by atoms with Crippen LogP contribution in [0, 0.1) is 0 Å². The fourth-order valence-corrected chi connectivity index (χ4v) is 3.21. The second-order valence-corrected chi connectivity index (χ2v) is 8.76. The van der Waals surface area contributed by atoms with Crippen LogP contribution in [0.2, 0.25) is 0 Å². The normalized spacial score (nSPS) is 10.7. The van der Waals surface area contributed by atoms with Crippen molar-refractivity contribution >= 4 is 30.0 Å². The van der Waals surface area contributed by atoms with Crippen LogP contribution in [-0.2, 0) is 19.2 Å². The average molecular weight is 553 g/mol. The highest BCUT2D eigenvalue weighted by atomic mass is 16.5. The molecule has 0 spiro atoms. The van der Waals surface area contributed by atoms with Gasteiger partial charge >= 0.3 is 23.9 Å². The van der Waals surface area contributed by atoms with Crippen LogP contribution in [0.5, 0.6) is 23.0 Å². The molecule has 8 nitrogen and oxygen atoms in total. The first kappa shape index (κ1) is 30.0. The van der Waals surface area contributed by atoms with E-state index in [-0.39, 0.29) is 28.4 Å². The zero-order valence-electron chi connectivity index (χ0n) is 22.8. The summed E-state index contributed by atoms with van der Waals surface area (Å²) in [6, 6.07) is 17.9. The van der Waals surface area contributed by atoms with Crippen LogP contribution in [0.1, 0.15) is 26.3 Å². The molecule has 0 amide bonds. The molecule has 0 fully saturated rings. The van der Waals surface area contributed by atoms with E-state index in [9.17, 15) is 19.2 Å². The third-order valence-corrected chi connectivity index (χ3v) is 5.27. The summed E-state index contributed by atoms with van der Waals surface area (Å²) in [6.07, 6.45) is 5.49. The topological polar surface area (TPSA) is 105 Å². The molecule has 3 rings (SSSR count). The second-order valence-electron chi connectivity index (χ2n) is 8.76. The van der Waals surface area contributed by atoms with E-state index < -0.39 is 23.9 Å². The van der Waals surface area contributed by atoms with Gasteiger partial charge in [-0.25, -0.2) is 19.2 Å². The van der Waals surface area contributed by atoms with Crippen molar-refractivity contribution in [3.8, 4) is 34.1 Å². The number of benzene rings is 3. The van der Waals surface area contributed by atoms with E-state index in [1.165, 1.54) is 49.4 Å². The van der Waals surface area contributed by atoms with Crippen LogP contribution in [-0.4, -0.2) is 23.9 Å². The van der Waals surface area contributed by atoms with Crippen molar-refractivity contribution in [2.24, 2.45) is 0 Å². The van der Waals surface area contributed by atoms with Gasteiger partial charge in [0.05, 0.1) is 0 Å². The molecular weight excluding hydrogens is 524 g/mol. The predicted octanol–water partition coefficient (Wildman–Crippen LogP) is 6.42. The van der Waals surface area contributed by atoms with E-state index in [0.717, 1.165) is 11.1 Å². The lowest BCUT2D eigenvalue weighted by molar-refractivity contribution is -0.131. The quantitative estimate of drug-likeness (QED) is 0.161. The van der Waals surface area contributed by atoms with Crippen molar-refractivity contribution in [2.75, 3.05) is 0 Å². The zero-order valence-corrected chi connectivity index (χ0v) is 22.8. The second kappa shape index (κ2) is 14.0. The third kappa shape index (κ3) is 9.04. The molecule has 0 radical (unpaired) electrons. The molecule has 0 unspecified atom stereocenters. The van der Waals surface area contributed by atoms with Crippen LogP contribution in [0.25, 0.3) is 17.2 Å². The molecule has 8 heteroatoms. The van der Waals surface area contributed by atoms with E-state index in [1.807, 2.05) is 0 Å². The van der Waals surface area contributed by atoms with Crippen LogP contribution in [0.15, 0.2) is 109 Å². The van der Waals surface area contributed by atoms with Crippen molar-refractivity contribution in [3.05, 3.63) is 115 Å². The van der Waals surface area contributed by atoms with Crippen molar-refractivity contribution in [1.29, 1.82) is 0 Å². The van der Waals surface area contributed by atoms with Crippen molar-refractivity contribution in [2.45, 2.75) is 20.8 Å². The van der Waals surface area contributed by atoms with Gasteiger partial charge in [0.1, 0.15) is 23.0 Å². The first-order valence-electron chi connectivity index (χ1n) is 12.4. The smallest absolute Gasteiger partial charge is 0.338 e. The van der Waals surface area contributed by atoms with Crippen molar-refractivity contribution in [1.82, 2.24) is 0 Å². The highest BCUT2D eigenvalue weighted by molar-refractivity contribution is 5.91. The van der Waals surface area contributed by atoms with Gasteiger partial charge in [0.2, 0.25) is 0 Å². The first-order chi connectivity index (χ1) is 19.5. The number of esters is 4. The van der Waals surface area contributed by atoms with Gasteiger partial charge in [0.25, 0.3) is 0 Å². The molecule has 0 aliphatic carbocycles. The van der Waals surface area contributed by atoms with Gasteiger partial charge in [-0.05, 0) is 80.4 Å². The first-order valence-corrected chi connectivity index (χ1v) is 12.4. The van der Waals surface area contributed by atoms with Gasteiger partial charge in [0, 0.05) is 28.9 Å². The molecule has 0 aromatic heterocycles. The summed E-state index contributed by atoms with van der Waals surface area (Å²) >= 11 is 0. The van der Waals surface area contributed by atoms with Gasteiger partial charge < -0.3 is 18.9 Å². The fourth-order valence-electron chi connectivity index (χ4n) is 3.21. The molecule has 0 atom stereocenters. The minimum absolute atomic E-state index is 0.219. The number of ether oxygens (including phenoxy) is 4. The maximum Gasteiger partial charge on any atom is 0.338 e. The Bertz CT molecular complexity index is 1540. The molecule has 3 aromatic carbocycles. The Morgan fingerprint density at radius 3 is 1.59 bits per heavy atom. The maximum atomic E-state index is 12.4. The summed E-state index contributed by atoms with van der Waals surface area (Å²) in [5.41, 5.74) is 2.49. The largest absolute Gasteiger partial charge is 0.423 e. The van der Waals surface area contributed by atoms with E-state index in [1.54, 1.807) is 62.4 Å². The summed E-state index contributed by atoms with van der Waals surface area (Å²) in [5, 5.41) is 0. The monoisotopic (exact) mass is 552 g/mol. The molecule has 0 saturated carbocycles. The number of carbonyl (C=O) groups excluding carboxylic acids is 4. The standard InChI is InChI=1S/C33H28O8/c1-6-7-30(34)41-29-20-25(23-10-13-27(14-11-23)39-32(36)21(2)3)9-8-24(29)12-19-31(35)38-26-15-17-28(18-16-26)40-33(37)22(4)5/h6-20H,2,4H2,1,3,5H3/b7-6+,19-12+. The van der Waals surface area contributed by atoms with Gasteiger partial charge in [-0.2, -0.15) is 0 Å². The molecule has 41 heavy (non-hydrogen) atoms. The Hall–Kier alpha value is -5.50. The highest BCUT2D eigenvalue weighted by Gasteiger charge is 2.11.